The molecule has 0 saturated heterocycles. The molecule has 0 saturated carbocycles. The Hall–Kier alpha value is -17.6. The summed E-state index contributed by atoms with van der Waals surface area (Å²) in [4.78, 5) is 66.6. The first-order valence-corrected chi connectivity index (χ1v) is 42.6. The minimum Gasteiger partial charge on any atom is -0.248 e. The molecule has 0 amide bonds. The van der Waals surface area contributed by atoms with Gasteiger partial charge in [0.05, 0.1) is 112 Å². The predicted molar refractivity (Wildman–Crippen MR) is 522 cm³/mol. The first kappa shape index (κ1) is 74.3. The fourth-order valence-corrected chi connectivity index (χ4v) is 17.3. The minimum absolute atomic E-state index is 0.600. The fraction of sp³-hybridized carbons (Fsp3) is 0. The van der Waals surface area contributed by atoms with Crippen molar-refractivity contribution in [2.45, 2.75) is 0 Å². The molecule has 0 spiro atoms. The van der Waals surface area contributed by atoms with Crippen molar-refractivity contribution in [2.75, 3.05) is 0 Å². The van der Waals surface area contributed by atoms with Crippen LogP contribution in [0.1, 0.15) is 0 Å². The molecule has 0 unspecified atom stereocenters. The predicted octanol–water partition coefficient (Wildman–Crippen LogP) is 28.2. The molecule has 128 heavy (non-hydrogen) atoms. The van der Waals surface area contributed by atoms with E-state index in [-0.39, 0.29) is 0 Å². The number of fused-ring (bicyclic) bond motifs is 14. The van der Waals surface area contributed by atoms with Crippen molar-refractivity contribution < 1.29 is 0 Å². The lowest BCUT2D eigenvalue weighted by atomic mass is 10.0. The summed E-state index contributed by atoms with van der Waals surface area (Å²) in [7, 11) is 0. The fourth-order valence-electron chi connectivity index (χ4n) is 17.3. The highest BCUT2D eigenvalue weighted by Gasteiger charge is 2.20. The molecule has 11 aromatic heterocycles. The molecule has 13 heteroatoms. The highest BCUT2D eigenvalue weighted by Crippen LogP contribution is 2.39. The second-order valence-corrected chi connectivity index (χ2v) is 32.1. The van der Waals surface area contributed by atoms with Crippen molar-refractivity contribution >= 4 is 120 Å². The molecule has 594 valence electrons. The van der Waals surface area contributed by atoms with Crippen molar-refractivity contribution in [3.05, 3.63) is 419 Å². The third kappa shape index (κ3) is 14.2. The SMILES string of the molecule is c1ccc(-c2ccc3ccc4ccc(-c5ccc6ccc(-c7ccc8ccc(-c9ccc%10ccc%11ccc(-c%12ccc%13ccccc%13c%12)nc%11c%10n9)cc8n7)cc6n5)nc4c3n2)cc1.c1ccc(-c2ccc3ccc4ccc(-c5ccc6ccc(-c7ccc8ccc(-c9cccc(-c%10nc(-c%11ccccc%11)nc(-c%11ccccc%11)n%10)c9)nc8c7)nc6c5)nc4c3n2)cc1. The largest absolute Gasteiger partial charge is 0.248 e. The van der Waals surface area contributed by atoms with Gasteiger partial charge in [0.1, 0.15) is 0 Å². The number of hydrogen-bond acceptors (Lipinski definition) is 13. The van der Waals surface area contributed by atoms with Crippen LogP contribution < -0.4 is 0 Å². The average Bonchev–Trinajstić information content (AvgIpc) is 0.771. The molecule has 0 aliphatic carbocycles. The number of aromatic nitrogens is 13. The van der Waals surface area contributed by atoms with Crippen molar-refractivity contribution in [3.8, 4) is 136 Å². The van der Waals surface area contributed by atoms with Gasteiger partial charge < -0.3 is 0 Å². The Morgan fingerprint density at radius 3 is 0.664 bits per heavy atom. The monoisotopic (exact) mass is 1630 g/mol. The van der Waals surface area contributed by atoms with Crippen LogP contribution in [0.4, 0.5) is 0 Å². The lowest BCUT2D eigenvalue weighted by Crippen LogP contribution is -2.00. The van der Waals surface area contributed by atoms with Crippen LogP contribution >= 0.6 is 0 Å². The van der Waals surface area contributed by atoms with Crippen LogP contribution in [0.15, 0.2) is 419 Å². The third-order valence-electron chi connectivity index (χ3n) is 24.1. The lowest BCUT2D eigenvalue weighted by Gasteiger charge is -2.10. The maximum absolute atomic E-state index is 5.25. The normalized spacial score (nSPS) is 11.6. The first-order valence-electron chi connectivity index (χ1n) is 42.6. The van der Waals surface area contributed by atoms with Gasteiger partial charge in [-0.2, -0.15) is 0 Å². The molecule has 14 aromatic carbocycles. The molecule has 0 bridgehead atoms. The molecule has 0 aliphatic rings. The van der Waals surface area contributed by atoms with Gasteiger partial charge >= 0.3 is 0 Å². The van der Waals surface area contributed by atoms with Crippen LogP contribution in [0.25, 0.3) is 255 Å². The molecule has 25 aromatic rings. The maximum atomic E-state index is 5.25. The number of rotatable bonds is 12. The molecule has 0 radical (unpaired) electrons. The van der Waals surface area contributed by atoms with E-state index in [0.717, 1.165) is 227 Å². The van der Waals surface area contributed by atoms with Crippen LogP contribution in [0.5, 0.6) is 0 Å². The Morgan fingerprint density at radius 2 is 0.312 bits per heavy atom. The van der Waals surface area contributed by atoms with Crippen LogP contribution in [0, 0.1) is 0 Å². The van der Waals surface area contributed by atoms with E-state index in [4.69, 9.17) is 64.8 Å². The maximum Gasteiger partial charge on any atom is 0.164 e. The van der Waals surface area contributed by atoms with Crippen LogP contribution in [-0.2, 0) is 0 Å². The Morgan fingerprint density at radius 1 is 0.102 bits per heavy atom. The van der Waals surface area contributed by atoms with Gasteiger partial charge in [-0.1, -0.05) is 322 Å². The van der Waals surface area contributed by atoms with Crippen LogP contribution in [-0.4, -0.2) is 64.8 Å². The van der Waals surface area contributed by atoms with Crippen LogP contribution in [0.2, 0.25) is 0 Å². The van der Waals surface area contributed by atoms with E-state index >= 15 is 0 Å². The molecular formula is C115H69N13. The second kappa shape index (κ2) is 31.4. The molecule has 0 atom stereocenters. The van der Waals surface area contributed by atoms with E-state index in [2.05, 4.69) is 297 Å². The minimum atomic E-state index is 0.600. The van der Waals surface area contributed by atoms with E-state index in [1.165, 1.54) is 10.8 Å². The van der Waals surface area contributed by atoms with Gasteiger partial charge in [-0.25, -0.2) is 64.8 Å². The zero-order chi connectivity index (χ0) is 84.5. The zero-order valence-corrected chi connectivity index (χ0v) is 68.7. The summed E-state index contributed by atoms with van der Waals surface area (Å²) in [6.45, 7) is 0. The highest BCUT2D eigenvalue weighted by molar-refractivity contribution is 6.08. The van der Waals surface area contributed by atoms with Crippen molar-refractivity contribution in [1.82, 2.24) is 64.8 Å². The van der Waals surface area contributed by atoms with Gasteiger partial charge in [0.2, 0.25) is 0 Å². The molecular weight excluding hydrogens is 1560 g/mol. The standard InChI is InChI=1S/C58H34N6.C57H35N7/c1-2-7-36(8-3-1)47-27-22-39-15-16-42-25-31-52(64-58(42)57(39)61-47)51-30-21-38-11-18-45(33-54(38)60-51)48-26-20-37-12-19-46(34-53(37)59-48)50-29-24-41-14-13-40-23-28-49(62-55(40)56(41)63-50)44-17-10-35-6-4-5-9-43(35)32-44;1-4-11-36(12-5-1)47-31-27-39-21-22-40-28-32-50(61-54(40)53(39)60-47)45-24-20-38-26-30-49(59-52(38)35-45)44-23-19-37-25-29-48(58-51(37)34-44)43-17-10-18-46(33-43)57-63-55(41-13-6-2-7-14-41)62-56(64-57)42-15-8-3-9-16-42/h1-34H;1-35H. The summed E-state index contributed by atoms with van der Waals surface area (Å²) in [5.41, 5.74) is 28.4. The van der Waals surface area contributed by atoms with E-state index in [1.807, 2.05) is 121 Å². The van der Waals surface area contributed by atoms with E-state index in [1.54, 1.807) is 0 Å². The summed E-state index contributed by atoms with van der Waals surface area (Å²) < 4.78 is 0. The third-order valence-corrected chi connectivity index (χ3v) is 24.1. The van der Waals surface area contributed by atoms with E-state index in [9.17, 15) is 0 Å². The number of nitrogens with zero attached hydrogens (tertiary/aromatic N) is 13. The number of benzene rings is 14. The Labute approximate surface area is 734 Å². The summed E-state index contributed by atoms with van der Waals surface area (Å²) in [5.74, 6) is 1.85. The molecule has 25 rings (SSSR count). The summed E-state index contributed by atoms with van der Waals surface area (Å²) in [6, 6.07) is 144. The summed E-state index contributed by atoms with van der Waals surface area (Å²) >= 11 is 0. The van der Waals surface area contributed by atoms with Gasteiger partial charge in [0, 0.05) is 115 Å². The van der Waals surface area contributed by atoms with E-state index in [0.29, 0.717) is 17.5 Å². The molecule has 0 aliphatic heterocycles. The van der Waals surface area contributed by atoms with Gasteiger partial charge in [-0.15, -0.1) is 0 Å². The van der Waals surface area contributed by atoms with Crippen LogP contribution in [0.3, 0.4) is 0 Å². The Bertz CT molecular complexity index is 8720. The van der Waals surface area contributed by atoms with Gasteiger partial charge in [-0.05, 0) is 108 Å². The molecule has 0 N–H and O–H groups in total. The average molecular weight is 1630 g/mol. The summed E-state index contributed by atoms with van der Waals surface area (Å²) in [6.07, 6.45) is 0. The van der Waals surface area contributed by atoms with Gasteiger partial charge in [-0.3, -0.25) is 0 Å². The van der Waals surface area contributed by atoms with E-state index < -0.39 is 0 Å². The van der Waals surface area contributed by atoms with Crippen molar-refractivity contribution in [3.63, 3.8) is 0 Å². The van der Waals surface area contributed by atoms with Crippen molar-refractivity contribution in [1.29, 1.82) is 0 Å². The number of pyridine rings is 10. The quantitative estimate of drug-likeness (QED) is 0.106. The first-order chi connectivity index (χ1) is 63.3. The zero-order valence-electron chi connectivity index (χ0n) is 68.7. The molecule has 0 fully saturated rings. The second-order valence-electron chi connectivity index (χ2n) is 32.1. The Kier molecular flexibility index (Phi) is 18.2. The number of hydrogen-bond donors (Lipinski definition) is 0. The van der Waals surface area contributed by atoms with Gasteiger partial charge in [0.15, 0.2) is 17.5 Å². The van der Waals surface area contributed by atoms with Gasteiger partial charge in [0.25, 0.3) is 0 Å². The molecule has 13 nitrogen and oxygen atoms in total. The lowest BCUT2D eigenvalue weighted by molar-refractivity contribution is 1.07. The topological polar surface area (TPSA) is 168 Å². The smallest absolute Gasteiger partial charge is 0.164 e. The Balaban J connectivity index is 0.000000143. The summed E-state index contributed by atoms with van der Waals surface area (Å²) in [5, 5.41) is 12.9. The highest BCUT2D eigenvalue weighted by atomic mass is 15.0. The molecule has 11 heterocycles. The van der Waals surface area contributed by atoms with Crippen molar-refractivity contribution in [2.24, 2.45) is 0 Å².